The number of anilines is 1. The molecule has 2 aromatic heterocycles. The van der Waals surface area contributed by atoms with Crippen molar-refractivity contribution >= 4 is 33.7 Å². The number of likely N-dealkylation sites (tertiary alicyclic amines) is 1. The van der Waals surface area contributed by atoms with Gasteiger partial charge in [0.05, 0.1) is 16.4 Å². The molecule has 4 heterocycles. The Kier molecular flexibility index (Phi) is 6.28. The quantitative estimate of drug-likeness (QED) is 0.762. The SMILES string of the molecule is Cc1csc(N2CCCN(C(=O)C3CCN(Cc4csc(C)n4)CC3)CC2)n1. The van der Waals surface area contributed by atoms with E-state index in [1.165, 1.54) is 0 Å². The number of aromatic nitrogens is 2. The predicted molar refractivity (Wildman–Crippen MR) is 115 cm³/mol. The van der Waals surface area contributed by atoms with Crippen LogP contribution in [0.25, 0.3) is 0 Å². The minimum Gasteiger partial charge on any atom is -0.346 e. The molecule has 1 amide bonds. The van der Waals surface area contributed by atoms with E-state index in [2.05, 4.69) is 42.4 Å². The number of nitrogens with zero attached hydrogens (tertiary/aromatic N) is 5. The van der Waals surface area contributed by atoms with Crippen molar-refractivity contribution < 1.29 is 4.79 Å². The molecule has 0 N–H and O–H groups in total. The van der Waals surface area contributed by atoms with E-state index in [0.29, 0.717) is 5.91 Å². The first-order chi connectivity index (χ1) is 13.6. The Hall–Kier alpha value is -1.51. The predicted octanol–water partition coefficient (Wildman–Crippen LogP) is 3.17. The topological polar surface area (TPSA) is 52.6 Å². The molecule has 2 fully saturated rings. The van der Waals surface area contributed by atoms with Gasteiger partial charge in [0.1, 0.15) is 0 Å². The number of carbonyl (C=O) groups excluding carboxylic acids is 1. The van der Waals surface area contributed by atoms with E-state index >= 15 is 0 Å². The van der Waals surface area contributed by atoms with Crippen LogP contribution in [0.1, 0.15) is 35.7 Å². The third kappa shape index (κ3) is 4.72. The Balaban J connectivity index is 1.26. The third-order valence-corrected chi connectivity index (χ3v) is 7.52. The first-order valence-corrected chi connectivity index (χ1v) is 11.9. The molecule has 0 saturated carbocycles. The van der Waals surface area contributed by atoms with Gasteiger partial charge in [-0.05, 0) is 46.2 Å². The number of piperidine rings is 1. The Bertz CT molecular complexity index is 796. The van der Waals surface area contributed by atoms with Crippen molar-refractivity contribution in [1.29, 1.82) is 0 Å². The molecule has 0 radical (unpaired) electrons. The normalized spacial score (nSPS) is 19.8. The van der Waals surface area contributed by atoms with Crippen molar-refractivity contribution in [3.05, 3.63) is 27.2 Å². The fourth-order valence-electron chi connectivity index (χ4n) is 4.12. The molecule has 8 heteroatoms. The zero-order chi connectivity index (χ0) is 19.5. The van der Waals surface area contributed by atoms with Crippen LogP contribution < -0.4 is 4.90 Å². The van der Waals surface area contributed by atoms with Gasteiger partial charge >= 0.3 is 0 Å². The van der Waals surface area contributed by atoms with Crippen molar-refractivity contribution in [2.45, 2.75) is 39.7 Å². The van der Waals surface area contributed by atoms with E-state index in [-0.39, 0.29) is 5.92 Å². The van der Waals surface area contributed by atoms with Crippen molar-refractivity contribution in [2.75, 3.05) is 44.2 Å². The monoisotopic (exact) mass is 419 g/mol. The van der Waals surface area contributed by atoms with Gasteiger partial charge in [-0.2, -0.15) is 0 Å². The summed E-state index contributed by atoms with van der Waals surface area (Å²) >= 11 is 3.42. The van der Waals surface area contributed by atoms with Crippen LogP contribution in [0.15, 0.2) is 10.8 Å². The lowest BCUT2D eigenvalue weighted by atomic mass is 9.95. The Morgan fingerprint density at radius 2 is 1.86 bits per heavy atom. The Labute approximate surface area is 175 Å². The van der Waals surface area contributed by atoms with Crippen LogP contribution in [-0.2, 0) is 11.3 Å². The van der Waals surface area contributed by atoms with Crippen molar-refractivity contribution in [2.24, 2.45) is 5.92 Å². The van der Waals surface area contributed by atoms with Gasteiger partial charge < -0.3 is 9.80 Å². The molecule has 2 aliphatic heterocycles. The summed E-state index contributed by atoms with van der Waals surface area (Å²) in [7, 11) is 0. The average molecular weight is 420 g/mol. The molecular formula is C20H29N5OS2. The number of carbonyl (C=O) groups is 1. The minimum atomic E-state index is 0.182. The molecule has 0 bridgehead atoms. The molecule has 0 aliphatic carbocycles. The van der Waals surface area contributed by atoms with Crippen LogP contribution in [-0.4, -0.2) is 64.9 Å². The second-order valence-corrected chi connectivity index (χ2v) is 9.74. The molecule has 4 rings (SSSR count). The molecule has 0 spiro atoms. The van der Waals surface area contributed by atoms with Gasteiger partial charge in [0.15, 0.2) is 5.13 Å². The highest BCUT2D eigenvalue weighted by molar-refractivity contribution is 7.13. The Morgan fingerprint density at radius 1 is 1.04 bits per heavy atom. The maximum Gasteiger partial charge on any atom is 0.225 e. The van der Waals surface area contributed by atoms with Crippen LogP contribution in [0.2, 0.25) is 0 Å². The van der Waals surface area contributed by atoms with Crippen LogP contribution in [0.4, 0.5) is 5.13 Å². The first-order valence-electron chi connectivity index (χ1n) is 10.2. The molecule has 6 nitrogen and oxygen atoms in total. The highest BCUT2D eigenvalue weighted by Crippen LogP contribution is 2.24. The summed E-state index contributed by atoms with van der Waals surface area (Å²) in [4.78, 5) is 29.1. The maximum absolute atomic E-state index is 13.1. The molecule has 0 aromatic carbocycles. The molecule has 2 aromatic rings. The molecular weight excluding hydrogens is 390 g/mol. The van der Waals surface area contributed by atoms with E-state index in [4.69, 9.17) is 0 Å². The van der Waals surface area contributed by atoms with Gasteiger partial charge in [-0.15, -0.1) is 22.7 Å². The second kappa shape index (κ2) is 8.88. The molecule has 152 valence electrons. The van der Waals surface area contributed by atoms with Crippen LogP contribution in [0.5, 0.6) is 0 Å². The van der Waals surface area contributed by atoms with Crippen LogP contribution in [0, 0.1) is 19.8 Å². The summed E-state index contributed by atoms with van der Waals surface area (Å²) in [6.07, 6.45) is 2.95. The average Bonchev–Trinajstić information content (AvgIpc) is 3.22. The molecule has 28 heavy (non-hydrogen) atoms. The highest BCUT2D eigenvalue weighted by Gasteiger charge is 2.30. The zero-order valence-electron chi connectivity index (χ0n) is 16.8. The molecule has 2 saturated heterocycles. The Morgan fingerprint density at radius 3 is 2.54 bits per heavy atom. The molecule has 0 atom stereocenters. The van der Waals surface area contributed by atoms with Gasteiger partial charge in [-0.1, -0.05) is 0 Å². The fraction of sp³-hybridized carbons (Fsp3) is 0.650. The molecule has 2 aliphatic rings. The lowest BCUT2D eigenvalue weighted by Gasteiger charge is -2.33. The number of hydrogen-bond acceptors (Lipinski definition) is 7. The summed E-state index contributed by atoms with van der Waals surface area (Å²) in [5, 5.41) is 6.48. The zero-order valence-corrected chi connectivity index (χ0v) is 18.4. The standard InChI is InChI=1S/C20H29N5OS2/c1-15-13-28-20(21-15)25-7-3-6-24(10-11-25)19(26)17-4-8-23(9-5-17)12-18-14-27-16(2)22-18/h13-14,17H,3-12H2,1-2H3. The number of amides is 1. The largest absolute Gasteiger partial charge is 0.346 e. The highest BCUT2D eigenvalue weighted by atomic mass is 32.1. The number of aryl methyl sites for hydroxylation is 2. The van der Waals surface area contributed by atoms with Crippen molar-refractivity contribution in [1.82, 2.24) is 19.8 Å². The van der Waals surface area contributed by atoms with Gasteiger partial charge in [0.25, 0.3) is 0 Å². The first kappa shape index (κ1) is 19.8. The van der Waals surface area contributed by atoms with Gasteiger partial charge in [-0.25, -0.2) is 9.97 Å². The summed E-state index contributed by atoms with van der Waals surface area (Å²) in [5.41, 5.74) is 2.24. The number of thiazole rings is 2. The molecule has 0 unspecified atom stereocenters. The minimum absolute atomic E-state index is 0.182. The van der Waals surface area contributed by atoms with E-state index in [1.807, 2.05) is 6.92 Å². The van der Waals surface area contributed by atoms with E-state index in [9.17, 15) is 4.79 Å². The summed E-state index contributed by atoms with van der Waals surface area (Å²) < 4.78 is 0. The van der Waals surface area contributed by atoms with E-state index in [0.717, 1.165) is 86.6 Å². The van der Waals surface area contributed by atoms with Gasteiger partial charge in [0, 0.05) is 49.4 Å². The summed E-state index contributed by atoms with van der Waals surface area (Å²) in [6.45, 7) is 10.6. The summed E-state index contributed by atoms with van der Waals surface area (Å²) in [5.74, 6) is 0.545. The number of hydrogen-bond donors (Lipinski definition) is 0. The maximum atomic E-state index is 13.1. The van der Waals surface area contributed by atoms with E-state index in [1.54, 1.807) is 22.7 Å². The number of rotatable bonds is 4. The van der Waals surface area contributed by atoms with Crippen molar-refractivity contribution in [3.63, 3.8) is 0 Å². The smallest absolute Gasteiger partial charge is 0.225 e. The van der Waals surface area contributed by atoms with Gasteiger partial charge in [-0.3, -0.25) is 9.69 Å². The van der Waals surface area contributed by atoms with E-state index < -0.39 is 0 Å². The fourth-order valence-corrected chi connectivity index (χ4v) is 5.58. The lowest BCUT2D eigenvalue weighted by Crippen LogP contribution is -2.43. The second-order valence-electron chi connectivity index (χ2n) is 7.85. The summed E-state index contributed by atoms with van der Waals surface area (Å²) in [6, 6.07) is 0. The van der Waals surface area contributed by atoms with Crippen molar-refractivity contribution in [3.8, 4) is 0 Å². The van der Waals surface area contributed by atoms with Gasteiger partial charge in [0.2, 0.25) is 5.91 Å². The lowest BCUT2D eigenvalue weighted by molar-refractivity contribution is -0.136. The van der Waals surface area contributed by atoms with Crippen LogP contribution in [0.3, 0.4) is 0 Å². The van der Waals surface area contributed by atoms with Crippen LogP contribution >= 0.6 is 22.7 Å². The third-order valence-electron chi connectivity index (χ3n) is 5.67.